The Morgan fingerprint density at radius 1 is 1.00 bits per heavy atom. The number of esters is 1. The minimum absolute atomic E-state index is 0.176. The molecule has 8 heteroatoms. The molecule has 0 fully saturated rings. The van der Waals surface area contributed by atoms with E-state index in [1.54, 1.807) is 28.3 Å². The Hall–Kier alpha value is -1.48. The molecule has 128 valence electrons. The molecule has 1 N–H and O–H groups in total. The Labute approximate surface area is 132 Å². The minimum Gasteiger partial charge on any atom is -0.478 e. The molecular weight excluding hydrogens is 308 g/mol. The van der Waals surface area contributed by atoms with E-state index in [0.29, 0.717) is 24.6 Å². The van der Waals surface area contributed by atoms with E-state index in [2.05, 4.69) is 13.2 Å². The predicted octanol–water partition coefficient (Wildman–Crippen LogP) is 2.02. The summed E-state index contributed by atoms with van der Waals surface area (Å²) in [4.78, 5) is 20.7. The first-order valence-corrected chi connectivity index (χ1v) is 8.45. The van der Waals surface area contributed by atoms with Crippen molar-refractivity contribution >= 4 is 20.7 Å². The fourth-order valence-corrected chi connectivity index (χ4v) is 2.82. The Balaban J connectivity index is 0. The van der Waals surface area contributed by atoms with Crippen LogP contribution in [0.25, 0.3) is 0 Å². The molecule has 0 bridgehead atoms. The smallest absolute Gasteiger partial charge is 0.478 e. The molecule has 0 saturated heterocycles. The van der Waals surface area contributed by atoms with Gasteiger partial charge < -0.3 is 23.1 Å². The van der Waals surface area contributed by atoms with Gasteiger partial charge in [-0.2, -0.15) is 0 Å². The van der Waals surface area contributed by atoms with Crippen LogP contribution in [-0.4, -0.2) is 53.8 Å². The topological polar surface area (TPSA) is 91.3 Å². The van der Waals surface area contributed by atoms with Crippen LogP contribution in [0.5, 0.6) is 0 Å². The summed E-state index contributed by atoms with van der Waals surface area (Å²) in [7, 11) is 2.13. The number of aliphatic carboxylic acids is 1. The van der Waals surface area contributed by atoms with Crippen molar-refractivity contribution in [3.63, 3.8) is 0 Å². The zero-order valence-corrected chi connectivity index (χ0v) is 14.9. The van der Waals surface area contributed by atoms with E-state index in [0.717, 1.165) is 0 Å². The third-order valence-electron chi connectivity index (χ3n) is 2.51. The average Bonchev–Trinajstić information content (AvgIpc) is 2.48. The van der Waals surface area contributed by atoms with E-state index in [-0.39, 0.29) is 11.5 Å². The van der Waals surface area contributed by atoms with Gasteiger partial charge >= 0.3 is 20.7 Å². The summed E-state index contributed by atoms with van der Waals surface area (Å²) in [5.41, 5.74) is 0.573. The van der Waals surface area contributed by atoms with Crippen molar-refractivity contribution in [2.75, 3.05) is 27.9 Å². The lowest BCUT2D eigenvalue weighted by Crippen LogP contribution is -2.42. The highest BCUT2D eigenvalue weighted by Crippen LogP contribution is 2.14. The number of carboxylic acids is 1. The number of carboxylic acid groups (broad SMARTS) is 1. The molecule has 0 radical (unpaired) electrons. The number of carbonyl (C=O) groups excluding carboxylic acids is 1. The molecule has 0 aliphatic rings. The molecule has 0 spiro atoms. The molecule has 0 unspecified atom stereocenters. The van der Waals surface area contributed by atoms with Crippen LogP contribution in [0.4, 0.5) is 0 Å². The number of ether oxygens (including phenoxy) is 1. The van der Waals surface area contributed by atoms with Crippen molar-refractivity contribution in [1.82, 2.24) is 0 Å². The summed E-state index contributed by atoms with van der Waals surface area (Å²) in [6.07, 6.45) is 0.640. The van der Waals surface area contributed by atoms with E-state index >= 15 is 0 Å². The molecule has 0 rings (SSSR count). The summed E-state index contributed by atoms with van der Waals surface area (Å²) < 4.78 is 20.6. The first-order valence-electron chi connectivity index (χ1n) is 6.52. The van der Waals surface area contributed by atoms with Crippen molar-refractivity contribution in [1.29, 1.82) is 0 Å². The van der Waals surface area contributed by atoms with Crippen LogP contribution in [0.3, 0.4) is 0 Å². The van der Waals surface area contributed by atoms with E-state index in [1.807, 2.05) is 0 Å². The Bertz CT molecular complexity index is 368. The Kier molecular flexibility index (Phi) is 12.5. The SMILES string of the molecule is C=C(C)C(=O)O.C=C(C)C(=O)OCCC[Si](OC)(OC)OC. The summed E-state index contributed by atoms with van der Waals surface area (Å²) in [5.74, 6) is -1.31. The summed E-state index contributed by atoms with van der Waals surface area (Å²) in [6, 6.07) is 0.611. The van der Waals surface area contributed by atoms with Crippen LogP contribution in [0.1, 0.15) is 20.3 Å². The third-order valence-corrected chi connectivity index (χ3v) is 5.34. The van der Waals surface area contributed by atoms with Crippen LogP contribution in [-0.2, 0) is 27.6 Å². The lowest BCUT2D eigenvalue weighted by atomic mass is 10.4. The largest absolute Gasteiger partial charge is 0.500 e. The van der Waals surface area contributed by atoms with E-state index < -0.39 is 14.8 Å². The summed E-state index contributed by atoms with van der Waals surface area (Å²) >= 11 is 0. The zero-order chi connectivity index (χ0) is 17.8. The second-order valence-electron chi connectivity index (χ2n) is 4.40. The van der Waals surface area contributed by atoms with E-state index in [4.69, 9.17) is 23.1 Å². The van der Waals surface area contributed by atoms with Gasteiger partial charge in [-0.1, -0.05) is 13.2 Å². The second-order valence-corrected chi connectivity index (χ2v) is 7.49. The van der Waals surface area contributed by atoms with E-state index in [9.17, 15) is 9.59 Å². The molecular formula is C14H26O7Si. The molecule has 0 aliphatic heterocycles. The molecule has 0 amide bonds. The highest BCUT2D eigenvalue weighted by molar-refractivity contribution is 6.60. The first-order chi connectivity index (χ1) is 10.2. The predicted molar refractivity (Wildman–Crippen MR) is 84.4 cm³/mol. The van der Waals surface area contributed by atoms with Crippen molar-refractivity contribution in [2.24, 2.45) is 0 Å². The molecule has 0 aromatic heterocycles. The van der Waals surface area contributed by atoms with Crippen LogP contribution in [0, 0.1) is 0 Å². The Morgan fingerprint density at radius 2 is 1.41 bits per heavy atom. The maximum absolute atomic E-state index is 11.1. The molecule has 0 saturated carbocycles. The monoisotopic (exact) mass is 334 g/mol. The highest BCUT2D eigenvalue weighted by atomic mass is 28.4. The van der Waals surface area contributed by atoms with Crippen LogP contribution < -0.4 is 0 Å². The quantitative estimate of drug-likeness (QED) is 0.298. The van der Waals surface area contributed by atoms with Gasteiger partial charge in [-0.25, -0.2) is 9.59 Å². The van der Waals surface area contributed by atoms with Gasteiger partial charge in [-0.3, -0.25) is 0 Å². The van der Waals surface area contributed by atoms with Crippen molar-refractivity contribution in [2.45, 2.75) is 26.3 Å². The van der Waals surface area contributed by atoms with Gasteiger partial charge in [0, 0.05) is 38.5 Å². The standard InChI is InChI=1S/C10H20O5Si.C4H6O2/c1-9(2)10(11)15-7-6-8-16(12-3,13-4)14-5;1-3(2)4(5)6/h1,6-8H2,2-5H3;1H2,2H3,(H,5,6). The molecule has 0 aliphatic carbocycles. The molecule has 0 atom stereocenters. The number of carbonyl (C=O) groups is 2. The normalized spacial score (nSPS) is 10.2. The van der Waals surface area contributed by atoms with Crippen LogP contribution in [0.2, 0.25) is 6.04 Å². The molecule has 0 aromatic rings. The second kappa shape index (κ2) is 12.1. The number of hydrogen-bond donors (Lipinski definition) is 1. The molecule has 22 heavy (non-hydrogen) atoms. The molecule has 7 nitrogen and oxygen atoms in total. The van der Waals surface area contributed by atoms with Gasteiger partial charge in [0.15, 0.2) is 0 Å². The number of hydrogen-bond acceptors (Lipinski definition) is 6. The minimum atomic E-state index is -2.53. The van der Waals surface area contributed by atoms with Crippen molar-refractivity contribution in [3.05, 3.63) is 24.3 Å². The molecule has 0 aromatic carbocycles. The van der Waals surface area contributed by atoms with Crippen LogP contribution in [0.15, 0.2) is 24.3 Å². The average molecular weight is 334 g/mol. The van der Waals surface area contributed by atoms with Crippen molar-refractivity contribution in [3.8, 4) is 0 Å². The van der Waals surface area contributed by atoms with Gasteiger partial charge in [0.25, 0.3) is 0 Å². The third kappa shape index (κ3) is 10.3. The van der Waals surface area contributed by atoms with Gasteiger partial charge in [0.1, 0.15) is 0 Å². The van der Waals surface area contributed by atoms with Crippen molar-refractivity contribution < 1.29 is 32.7 Å². The van der Waals surface area contributed by atoms with Crippen LogP contribution >= 0.6 is 0 Å². The van der Waals surface area contributed by atoms with Gasteiger partial charge in [0.05, 0.1) is 6.61 Å². The highest BCUT2D eigenvalue weighted by Gasteiger charge is 2.36. The zero-order valence-electron chi connectivity index (χ0n) is 13.9. The van der Waals surface area contributed by atoms with Gasteiger partial charge in [-0.05, 0) is 20.3 Å². The number of rotatable bonds is 9. The van der Waals surface area contributed by atoms with E-state index in [1.165, 1.54) is 6.92 Å². The fourth-order valence-electron chi connectivity index (χ4n) is 1.13. The maximum atomic E-state index is 11.1. The maximum Gasteiger partial charge on any atom is 0.500 e. The van der Waals surface area contributed by atoms with Gasteiger partial charge in [0.2, 0.25) is 0 Å². The molecule has 0 heterocycles. The first kappa shape index (κ1) is 22.8. The summed E-state index contributed by atoms with van der Waals surface area (Å²) in [5, 5.41) is 7.89. The summed E-state index contributed by atoms with van der Waals surface area (Å²) in [6.45, 7) is 10.0. The fraction of sp³-hybridized carbons (Fsp3) is 0.571. The van der Waals surface area contributed by atoms with Gasteiger partial charge in [-0.15, -0.1) is 0 Å². The lowest BCUT2D eigenvalue weighted by molar-refractivity contribution is -0.139. The lowest BCUT2D eigenvalue weighted by Gasteiger charge is -2.24. The Morgan fingerprint density at radius 3 is 1.68 bits per heavy atom.